The number of hydrogen-bond acceptors (Lipinski definition) is 7. The SMILES string of the molecule is COc1cccc(COc2ncc(F)c(NN3CCOCC3)n2)c1. The number of halogens is 1. The predicted octanol–water partition coefficient (Wildman–Crippen LogP) is 1.86. The molecule has 1 aliphatic rings. The third-order valence-corrected chi connectivity index (χ3v) is 3.50. The number of anilines is 1. The van der Waals surface area contributed by atoms with Gasteiger partial charge in [0.2, 0.25) is 0 Å². The first kappa shape index (κ1) is 16.4. The monoisotopic (exact) mass is 334 g/mol. The van der Waals surface area contributed by atoms with Crippen LogP contribution in [0.4, 0.5) is 10.2 Å². The van der Waals surface area contributed by atoms with Crippen molar-refractivity contribution >= 4 is 5.82 Å². The molecule has 0 radical (unpaired) electrons. The van der Waals surface area contributed by atoms with Crippen LogP contribution in [0, 0.1) is 5.82 Å². The number of methoxy groups -OCH3 is 1. The molecule has 0 atom stereocenters. The normalized spacial score (nSPS) is 15.1. The largest absolute Gasteiger partial charge is 0.497 e. The van der Waals surface area contributed by atoms with E-state index in [0.717, 1.165) is 17.5 Å². The summed E-state index contributed by atoms with van der Waals surface area (Å²) in [7, 11) is 1.60. The molecule has 0 saturated carbocycles. The maximum absolute atomic E-state index is 13.9. The Balaban J connectivity index is 1.64. The second-order valence-electron chi connectivity index (χ2n) is 5.20. The van der Waals surface area contributed by atoms with Gasteiger partial charge < -0.3 is 19.6 Å². The Hall–Kier alpha value is -2.45. The van der Waals surface area contributed by atoms with Crippen LogP contribution >= 0.6 is 0 Å². The van der Waals surface area contributed by atoms with Crippen LogP contribution in [0.5, 0.6) is 11.8 Å². The highest BCUT2D eigenvalue weighted by molar-refractivity contribution is 5.35. The number of aromatic nitrogens is 2. The molecule has 2 aromatic rings. The van der Waals surface area contributed by atoms with Crippen LogP contribution in [0.1, 0.15) is 5.56 Å². The van der Waals surface area contributed by atoms with Crippen molar-refractivity contribution in [3.63, 3.8) is 0 Å². The summed E-state index contributed by atoms with van der Waals surface area (Å²) in [6.07, 6.45) is 1.09. The molecule has 128 valence electrons. The third kappa shape index (κ3) is 4.30. The van der Waals surface area contributed by atoms with Crippen molar-refractivity contribution in [1.29, 1.82) is 0 Å². The van der Waals surface area contributed by atoms with Crippen LogP contribution in [0.15, 0.2) is 30.5 Å². The van der Waals surface area contributed by atoms with Crippen LogP contribution in [0.25, 0.3) is 0 Å². The van der Waals surface area contributed by atoms with Gasteiger partial charge in [-0.25, -0.2) is 14.4 Å². The van der Waals surface area contributed by atoms with Gasteiger partial charge in [-0.1, -0.05) is 12.1 Å². The van der Waals surface area contributed by atoms with Crippen LogP contribution in [0.2, 0.25) is 0 Å². The topological polar surface area (TPSA) is 68.7 Å². The Morgan fingerprint density at radius 3 is 2.96 bits per heavy atom. The molecule has 24 heavy (non-hydrogen) atoms. The zero-order valence-corrected chi connectivity index (χ0v) is 13.4. The molecule has 2 heterocycles. The lowest BCUT2D eigenvalue weighted by molar-refractivity contribution is 0.0492. The number of hydrogen-bond donors (Lipinski definition) is 1. The van der Waals surface area contributed by atoms with Crippen molar-refractivity contribution in [2.45, 2.75) is 6.61 Å². The fraction of sp³-hybridized carbons (Fsp3) is 0.375. The van der Waals surface area contributed by atoms with Gasteiger partial charge in [0.25, 0.3) is 0 Å². The van der Waals surface area contributed by atoms with E-state index in [1.807, 2.05) is 29.3 Å². The van der Waals surface area contributed by atoms with Gasteiger partial charge in [-0.05, 0) is 17.7 Å². The van der Waals surface area contributed by atoms with E-state index in [4.69, 9.17) is 14.2 Å². The average Bonchev–Trinajstić information content (AvgIpc) is 2.63. The molecule has 0 bridgehead atoms. The minimum absolute atomic E-state index is 0.0903. The van der Waals surface area contributed by atoms with Crippen LogP contribution in [-0.2, 0) is 11.3 Å². The molecule has 0 amide bonds. The number of nitrogens with one attached hydrogen (secondary N) is 1. The summed E-state index contributed by atoms with van der Waals surface area (Å²) in [5.41, 5.74) is 3.84. The zero-order valence-electron chi connectivity index (χ0n) is 13.4. The van der Waals surface area contributed by atoms with E-state index in [1.54, 1.807) is 7.11 Å². The summed E-state index contributed by atoms with van der Waals surface area (Å²) in [6.45, 7) is 2.77. The standard InChI is InChI=1S/C16H19FN4O3/c1-22-13-4-2-3-12(9-13)11-24-16-18-10-14(17)15(19-16)20-21-5-7-23-8-6-21/h2-4,9-10H,5-8,11H2,1H3,(H,18,19,20). The van der Waals surface area contributed by atoms with E-state index < -0.39 is 5.82 Å². The molecule has 1 aromatic carbocycles. The lowest BCUT2D eigenvalue weighted by Gasteiger charge is -2.27. The molecule has 3 rings (SSSR count). The van der Waals surface area contributed by atoms with Crippen molar-refractivity contribution in [3.8, 4) is 11.8 Å². The van der Waals surface area contributed by atoms with Crippen molar-refractivity contribution in [3.05, 3.63) is 41.8 Å². The van der Waals surface area contributed by atoms with E-state index in [9.17, 15) is 4.39 Å². The summed E-state index contributed by atoms with van der Waals surface area (Å²) < 4.78 is 29.8. The van der Waals surface area contributed by atoms with Gasteiger partial charge in [-0.15, -0.1) is 0 Å². The number of ether oxygens (including phenoxy) is 3. The summed E-state index contributed by atoms with van der Waals surface area (Å²) in [5, 5.41) is 1.85. The molecule has 1 aromatic heterocycles. The van der Waals surface area contributed by atoms with Gasteiger partial charge in [0.1, 0.15) is 12.4 Å². The highest BCUT2D eigenvalue weighted by Gasteiger charge is 2.14. The molecule has 0 spiro atoms. The Labute approximate surface area is 139 Å². The average molecular weight is 334 g/mol. The summed E-state index contributed by atoms with van der Waals surface area (Å²) in [6, 6.07) is 7.58. The molecule has 1 fully saturated rings. The molecule has 1 N–H and O–H groups in total. The molecule has 0 unspecified atom stereocenters. The summed E-state index contributed by atoms with van der Waals surface area (Å²) in [4.78, 5) is 7.96. The predicted molar refractivity (Wildman–Crippen MR) is 85.3 cm³/mol. The number of morpholine rings is 1. The fourth-order valence-electron chi connectivity index (χ4n) is 2.23. The minimum Gasteiger partial charge on any atom is -0.497 e. The van der Waals surface area contributed by atoms with Crippen molar-refractivity contribution < 1.29 is 18.6 Å². The Morgan fingerprint density at radius 2 is 2.17 bits per heavy atom. The molecule has 0 aliphatic carbocycles. The quantitative estimate of drug-likeness (QED) is 0.865. The third-order valence-electron chi connectivity index (χ3n) is 3.50. The molecular formula is C16H19FN4O3. The molecule has 1 aliphatic heterocycles. The van der Waals surface area contributed by atoms with E-state index >= 15 is 0 Å². The van der Waals surface area contributed by atoms with Gasteiger partial charge in [0.05, 0.1) is 26.5 Å². The second kappa shape index (κ2) is 7.89. The maximum Gasteiger partial charge on any atom is 0.318 e. The lowest BCUT2D eigenvalue weighted by atomic mass is 10.2. The number of benzene rings is 1. The molecule has 1 saturated heterocycles. The maximum atomic E-state index is 13.9. The van der Waals surface area contributed by atoms with Gasteiger partial charge in [-0.3, -0.25) is 0 Å². The minimum atomic E-state index is -0.532. The van der Waals surface area contributed by atoms with Crippen LogP contribution in [0.3, 0.4) is 0 Å². The molecule has 8 heteroatoms. The highest BCUT2D eigenvalue weighted by atomic mass is 19.1. The first-order chi connectivity index (χ1) is 11.7. The number of rotatable bonds is 6. The Kier molecular flexibility index (Phi) is 5.39. The Morgan fingerprint density at radius 1 is 1.33 bits per heavy atom. The Bertz CT molecular complexity index is 680. The smallest absolute Gasteiger partial charge is 0.318 e. The molecular weight excluding hydrogens is 315 g/mol. The van der Waals surface area contributed by atoms with Crippen LogP contribution < -0.4 is 14.9 Å². The summed E-state index contributed by atoms with van der Waals surface area (Å²) in [5.74, 6) is 0.300. The van der Waals surface area contributed by atoms with Gasteiger partial charge in [0, 0.05) is 13.1 Å². The van der Waals surface area contributed by atoms with Gasteiger partial charge in [0.15, 0.2) is 11.6 Å². The van der Waals surface area contributed by atoms with E-state index in [1.165, 1.54) is 0 Å². The molecule has 7 nitrogen and oxygen atoms in total. The van der Waals surface area contributed by atoms with Crippen molar-refractivity contribution in [2.24, 2.45) is 0 Å². The first-order valence-electron chi connectivity index (χ1n) is 7.62. The van der Waals surface area contributed by atoms with E-state index in [0.29, 0.717) is 26.3 Å². The second-order valence-corrected chi connectivity index (χ2v) is 5.20. The summed E-state index contributed by atoms with van der Waals surface area (Å²) >= 11 is 0. The lowest BCUT2D eigenvalue weighted by Crippen LogP contribution is -2.40. The van der Waals surface area contributed by atoms with Crippen molar-refractivity contribution in [1.82, 2.24) is 15.0 Å². The fourth-order valence-corrected chi connectivity index (χ4v) is 2.23. The van der Waals surface area contributed by atoms with Crippen LogP contribution in [-0.4, -0.2) is 48.4 Å². The van der Waals surface area contributed by atoms with Gasteiger partial charge >= 0.3 is 6.01 Å². The number of nitrogens with zero attached hydrogens (tertiary/aromatic N) is 3. The van der Waals surface area contributed by atoms with Crippen molar-refractivity contribution in [2.75, 3.05) is 38.8 Å². The number of hydrazine groups is 1. The zero-order chi connectivity index (χ0) is 16.8. The highest BCUT2D eigenvalue weighted by Crippen LogP contribution is 2.17. The van der Waals surface area contributed by atoms with Gasteiger partial charge in [-0.2, -0.15) is 4.98 Å². The van der Waals surface area contributed by atoms with E-state index in [-0.39, 0.29) is 18.4 Å². The first-order valence-corrected chi connectivity index (χ1v) is 7.62. The van der Waals surface area contributed by atoms with E-state index in [2.05, 4.69) is 15.4 Å².